The molecule has 3 aromatic rings. The van der Waals surface area contributed by atoms with Gasteiger partial charge in [0, 0.05) is 23.3 Å². The molecule has 6 heteroatoms. The number of H-pyrrole nitrogens is 1. The van der Waals surface area contributed by atoms with E-state index < -0.39 is 15.3 Å². The second-order valence-electron chi connectivity index (χ2n) is 5.29. The topological polar surface area (TPSA) is 74.8 Å². The summed E-state index contributed by atoms with van der Waals surface area (Å²) in [6.45, 7) is 1.69. The molecule has 0 aliphatic heterocycles. The predicted molar refractivity (Wildman–Crippen MR) is 88.2 cm³/mol. The van der Waals surface area contributed by atoms with Gasteiger partial charge < -0.3 is 4.98 Å². The van der Waals surface area contributed by atoms with E-state index in [-0.39, 0.29) is 0 Å². The maximum Gasteiger partial charge on any atom is 0.236 e. The Labute approximate surface area is 129 Å². The molecular weight excluding hydrogens is 298 g/mol. The fourth-order valence-electron chi connectivity index (χ4n) is 2.34. The number of benzene rings is 1. The highest BCUT2D eigenvalue weighted by Gasteiger charge is 2.21. The highest BCUT2D eigenvalue weighted by atomic mass is 32.2. The molecule has 0 bridgehead atoms. The van der Waals surface area contributed by atoms with Gasteiger partial charge in [0.2, 0.25) is 10.0 Å². The Morgan fingerprint density at radius 2 is 2.05 bits per heavy atom. The van der Waals surface area contributed by atoms with Gasteiger partial charge in [-0.3, -0.25) is 9.71 Å². The van der Waals surface area contributed by atoms with Crippen LogP contribution < -0.4 is 4.72 Å². The van der Waals surface area contributed by atoms with Gasteiger partial charge in [0.05, 0.1) is 5.25 Å². The summed E-state index contributed by atoms with van der Waals surface area (Å²) in [7, 11) is -3.47. The number of rotatable bonds is 5. The van der Waals surface area contributed by atoms with E-state index in [2.05, 4.69) is 14.7 Å². The third kappa shape index (κ3) is 3.12. The van der Waals surface area contributed by atoms with Crippen LogP contribution in [0.5, 0.6) is 0 Å². The van der Waals surface area contributed by atoms with Crippen LogP contribution in [-0.2, 0) is 16.4 Å². The Bertz CT molecular complexity index is 840. The van der Waals surface area contributed by atoms with Gasteiger partial charge in [-0.2, -0.15) is 0 Å². The third-order valence-electron chi connectivity index (χ3n) is 3.56. The van der Waals surface area contributed by atoms with E-state index in [1.54, 1.807) is 31.5 Å². The van der Waals surface area contributed by atoms with Gasteiger partial charge in [0.25, 0.3) is 0 Å². The molecule has 0 fully saturated rings. The number of para-hydroxylation sites is 1. The van der Waals surface area contributed by atoms with Crippen LogP contribution in [0.4, 0.5) is 5.82 Å². The van der Waals surface area contributed by atoms with Crippen molar-refractivity contribution in [2.45, 2.75) is 18.6 Å². The van der Waals surface area contributed by atoms with Crippen molar-refractivity contribution >= 4 is 26.7 Å². The number of anilines is 1. The molecule has 0 saturated heterocycles. The average molecular weight is 315 g/mol. The minimum atomic E-state index is -3.47. The van der Waals surface area contributed by atoms with Crippen LogP contribution in [0, 0.1) is 0 Å². The standard InChI is InChI=1S/C16H17N3O2S/c1-12(9-13-5-4-8-17-11-13)22(20,21)19-16-10-14-6-2-3-7-15(14)18-16/h2-8,10-12,18-19H,9H2,1H3. The summed E-state index contributed by atoms with van der Waals surface area (Å²) in [6, 6.07) is 13.1. The van der Waals surface area contributed by atoms with Crippen molar-refractivity contribution < 1.29 is 8.42 Å². The number of sulfonamides is 1. The molecule has 2 heterocycles. The molecule has 0 saturated carbocycles. The highest BCUT2D eigenvalue weighted by Crippen LogP contribution is 2.20. The number of nitrogens with zero attached hydrogens (tertiary/aromatic N) is 1. The Hall–Kier alpha value is -2.34. The van der Waals surface area contributed by atoms with E-state index in [0.29, 0.717) is 12.2 Å². The van der Waals surface area contributed by atoms with Gasteiger partial charge in [0.1, 0.15) is 5.82 Å². The second kappa shape index (κ2) is 5.81. The van der Waals surface area contributed by atoms with E-state index in [9.17, 15) is 8.42 Å². The second-order valence-corrected chi connectivity index (χ2v) is 7.39. The fraction of sp³-hybridized carbons (Fsp3) is 0.188. The van der Waals surface area contributed by atoms with Crippen molar-refractivity contribution in [3.8, 4) is 0 Å². The van der Waals surface area contributed by atoms with Crippen molar-refractivity contribution in [2.75, 3.05) is 4.72 Å². The Morgan fingerprint density at radius 3 is 2.77 bits per heavy atom. The molecule has 0 amide bonds. The molecule has 1 unspecified atom stereocenters. The van der Waals surface area contributed by atoms with E-state index in [4.69, 9.17) is 0 Å². The van der Waals surface area contributed by atoms with Gasteiger partial charge in [-0.05, 0) is 37.1 Å². The highest BCUT2D eigenvalue weighted by molar-refractivity contribution is 7.93. The van der Waals surface area contributed by atoms with Crippen LogP contribution in [0.15, 0.2) is 54.9 Å². The third-order valence-corrected chi connectivity index (χ3v) is 5.29. The molecular formula is C16H17N3O2S. The number of nitrogens with one attached hydrogen (secondary N) is 2. The zero-order valence-corrected chi connectivity index (χ0v) is 13.0. The van der Waals surface area contributed by atoms with Gasteiger partial charge >= 0.3 is 0 Å². The summed E-state index contributed by atoms with van der Waals surface area (Å²) in [5, 5.41) is 0.420. The largest absolute Gasteiger partial charge is 0.341 e. The zero-order valence-electron chi connectivity index (χ0n) is 12.2. The number of hydrogen-bond donors (Lipinski definition) is 2. The SMILES string of the molecule is CC(Cc1cccnc1)S(=O)(=O)Nc1cc2ccccc2[nH]1. The molecule has 114 valence electrons. The number of hydrogen-bond acceptors (Lipinski definition) is 3. The molecule has 22 heavy (non-hydrogen) atoms. The lowest BCUT2D eigenvalue weighted by molar-refractivity contribution is 0.588. The van der Waals surface area contributed by atoms with Gasteiger partial charge in [-0.25, -0.2) is 8.42 Å². The molecule has 0 aliphatic rings. The van der Waals surface area contributed by atoms with E-state index in [0.717, 1.165) is 16.5 Å². The Balaban J connectivity index is 1.77. The molecule has 0 spiro atoms. The summed E-state index contributed by atoms with van der Waals surface area (Å²) in [5.41, 5.74) is 1.80. The van der Waals surface area contributed by atoms with E-state index >= 15 is 0 Å². The first-order chi connectivity index (χ1) is 10.5. The first-order valence-electron chi connectivity index (χ1n) is 7.03. The molecule has 1 atom stereocenters. The molecule has 1 aromatic carbocycles. The zero-order chi connectivity index (χ0) is 15.6. The van der Waals surface area contributed by atoms with Crippen LogP contribution in [-0.4, -0.2) is 23.6 Å². The van der Waals surface area contributed by atoms with Gasteiger partial charge in [-0.1, -0.05) is 24.3 Å². The van der Waals surface area contributed by atoms with E-state index in [1.807, 2.05) is 30.3 Å². The van der Waals surface area contributed by atoms with Crippen molar-refractivity contribution in [1.82, 2.24) is 9.97 Å². The maximum absolute atomic E-state index is 12.4. The molecule has 3 rings (SSSR count). The minimum absolute atomic E-state index is 0.420. The van der Waals surface area contributed by atoms with Crippen molar-refractivity contribution in [3.63, 3.8) is 0 Å². The lowest BCUT2D eigenvalue weighted by atomic mass is 10.2. The molecule has 0 aliphatic carbocycles. The molecule has 2 N–H and O–H groups in total. The van der Waals surface area contributed by atoms with Crippen LogP contribution >= 0.6 is 0 Å². The summed E-state index contributed by atoms with van der Waals surface area (Å²) in [6.07, 6.45) is 3.78. The fourth-order valence-corrected chi connectivity index (χ4v) is 3.37. The smallest absolute Gasteiger partial charge is 0.236 e. The molecule has 5 nitrogen and oxygen atoms in total. The number of fused-ring (bicyclic) bond motifs is 1. The molecule has 0 radical (unpaired) electrons. The first kappa shape index (κ1) is 14.6. The number of pyridine rings is 1. The summed E-state index contributed by atoms with van der Waals surface area (Å²) in [5.74, 6) is 0.485. The van der Waals surface area contributed by atoms with Crippen molar-refractivity contribution in [2.24, 2.45) is 0 Å². The van der Waals surface area contributed by atoms with Gasteiger partial charge in [0.15, 0.2) is 0 Å². The van der Waals surface area contributed by atoms with Crippen LogP contribution in [0.3, 0.4) is 0 Å². The van der Waals surface area contributed by atoms with Crippen LogP contribution in [0.25, 0.3) is 10.9 Å². The monoisotopic (exact) mass is 315 g/mol. The van der Waals surface area contributed by atoms with Crippen molar-refractivity contribution in [3.05, 3.63) is 60.4 Å². The maximum atomic E-state index is 12.4. The van der Waals surface area contributed by atoms with Crippen molar-refractivity contribution in [1.29, 1.82) is 0 Å². The molecule has 2 aromatic heterocycles. The quantitative estimate of drug-likeness (QED) is 0.760. The summed E-state index contributed by atoms with van der Waals surface area (Å²) in [4.78, 5) is 7.08. The Morgan fingerprint density at radius 1 is 1.23 bits per heavy atom. The normalized spacial score (nSPS) is 13.1. The van der Waals surface area contributed by atoms with Crippen LogP contribution in [0.1, 0.15) is 12.5 Å². The summed E-state index contributed by atoms with van der Waals surface area (Å²) >= 11 is 0. The minimum Gasteiger partial charge on any atom is -0.341 e. The first-order valence-corrected chi connectivity index (χ1v) is 8.57. The average Bonchev–Trinajstić information content (AvgIpc) is 2.89. The Kier molecular flexibility index (Phi) is 3.85. The number of aromatic amines is 1. The lowest BCUT2D eigenvalue weighted by Crippen LogP contribution is -2.27. The number of aromatic nitrogens is 2. The van der Waals surface area contributed by atoms with E-state index in [1.165, 1.54) is 0 Å². The van der Waals surface area contributed by atoms with Crippen LogP contribution in [0.2, 0.25) is 0 Å². The lowest BCUT2D eigenvalue weighted by Gasteiger charge is -2.13. The van der Waals surface area contributed by atoms with Gasteiger partial charge in [-0.15, -0.1) is 0 Å². The summed E-state index contributed by atoms with van der Waals surface area (Å²) < 4.78 is 27.5. The predicted octanol–water partition coefficient (Wildman–Crippen LogP) is 2.94.